The molecule has 0 bridgehead atoms. The van der Waals surface area contributed by atoms with E-state index in [0.717, 1.165) is 32.6 Å². The van der Waals surface area contributed by atoms with Gasteiger partial charge in [0.15, 0.2) is 0 Å². The summed E-state index contributed by atoms with van der Waals surface area (Å²) in [4.78, 5) is 21.1. The molecule has 4 rings (SSSR count). The summed E-state index contributed by atoms with van der Waals surface area (Å²) in [7, 11) is 0. The molecule has 0 unspecified atom stereocenters. The molecular formula is C24H29N3O. The highest BCUT2D eigenvalue weighted by atomic mass is 16.2. The van der Waals surface area contributed by atoms with Crippen molar-refractivity contribution in [2.24, 2.45) is 5.41 Å². The fourth-order valence-corrected chi connectivity index (χ4v) is 4.48. The Balaban J connectivity index is 1.30. The monoisotopic (exact) mass is 375 g/mol. The molecule has 4 heteroatoms. The fraction of sp³-hybridized carbons (Fsp3) is 0.417. The third kappa shape index (κ3) is 4.68. The lowest BCUT2D eigenvalue weighted by atomic mass is 9.72. The Hall–Kier alpha value is -2.46. The maximum atomic E-state index is 12.5. The number of hydrogen-bond donors (Lipinski definition) is 0. The Morgan fingerprint density at radius 3 is 2.50 bits per heavy atom. The lowest BCUT2D eigenvalue weighted by Gasteiger charge is -2.47. The first-order valence-electron chi connectivity index (χ1n) is 10.3. The van der Waals surface area contributed by atoms with Crippen LogP contribution >= 0.6 is 0 Å². The van der Waals surface area contributed by atoms with Crippen LogP contribution in [0.25, 0.3) is 6.08 Å². The number of pyridine rings is 1. The zero-order chi connectivity index (χ0) is 19.2. The number of amides is 1. The zero-order valence-electron chi connectivity index (χ0n) is 16.5. The standard InChI is InChI=1S/C24H29N3O/c28-23-8-11-24(20-27(23)19-22-9-14-25-15-10-22)12-17-26(18-13-24)16-4-7-21-5-2-1-3-6-21/h1-7,9-10,14-15H,8,11-13,16-20H2. The summed E-state index contributed by atoms with van der Waals surface area (Å²) in [5, 5.41) is 0. The molecule has 0 atom stereocenters. The minimum absolute atomic E-state index is 0.302. The van der Waals surface area contributed by atoms with Crippen molar-refractivity contribution in [1.82, 2.24) is 14.8 Å². The highest BCUT2D eigenvalue weighted by molar-refractivity contribution is 5.77. The van der Waals surface area contributed by atoms with E-state index < -0.39 is 0 Å². The van der Waals surface area contributed by atoms with Gasteiger partial charge in [-0.3, -0.25) is 14.7 Å². The van der Waals surface area contributed by atoms with Crippen LogP contribution in [0.15, 0.2) is 60.9 Å². The Morgan fingerprint density at radius 1 is 1.00 bits per heavy atom. The van der Waals surface area contributed by atoms with Gasteiger partial charge in [-0.1, -0.05) is 42.5 Å². The van der Waals surface area contributed by atoms with E-state index in [2.05, 4.69) is 51.2 Å². The summed E-state index contributed by atoms with van der Waals surface area (Å²) in [6.45, 7) is 4.87. The van der Waals surface area contributed by atoms with E-state index in [4.69, 9.17) is 0 Å². The molecule has 0 radical (unpaired) electrons. The van der Waals surface area contributed by atoms with Crippen LogP contribution in [0.5, 0.6) is 0 Å². The fourth-order valence-electron chi connectivity index (χ4n) is 4.48. The molecule has 1 spiro atoms. The van der Waals surface area contributed by atoms with E-state index in [1.54, 1.807) is 12.4 Å². The predicted molar refractivity (Wildman–Crippen MR) is 112 cm³/mol. The van der Waals surface area contributed by atoms with Gasteiger partial charge < -0.3 is 4.90 Å². The van der Waals surface area contributed by atoms with Crippen LogP contribution in [-0.2, 0) is 11.3 Å². The van der Waals surface area contributed by atoms with Gasteiger partial charge in [0.05, 0.1) is 0 Å². The molecule has 0 aliphatic carbocycles. The molecule has 28 heavy (non-hydrogen) atoms. The summed E-state index contributed by atoms with van der Waals surface area (Å²) in [5.74, 6) is 0.302. The van der Waals surface area contributed by atoms with Gasteiger partial charge in [0.1, 0.15) is 0 Å². The number of rotatable bonds is 5. The van der Waals surface area contributed by atoms with E-state index >= 15 is 0 Å². The van der Waals surface area contributed by atoms with Crippen molar-refractivity contribution in [3.05, 3.63) is 72.1 Å². The van der Waals surface area contributed by atoms with Crippen LogP contribution in [-0.4, -0.2) is 46.9 Å². The van der Waals surface area contributed by atoms with E-state index in [-0.39, 0.29) is 0 Å². The number of aromatic nitrogens is 1. The molecule has 2 aromatic rings. The van der Waals surface area contributed by atoms with Gasteiger partial charge in [-0.2, -0.15) is 0 Å². The Labute approximate surface area is 167 Å². The molecule has 2 fully saturated rings. The molecule has 0 saturated carbocycles. The van der Waals surface area contributed by atoms with Crippen molar-refractivity contribution < 1.29 is 4.79 Å². The van der Waals surface area contributed by atoms with Crippen molar-refractivity contribution in [2.45, 2.75) is 32.2 Å². The minimum Gasteiger partial charge on any atom is -0.338 e. The summed E-state index contributed by atoms with van der Waals surface area (Å²) in [5.41, 5.74) is 2.73. The van der Waals surface area contributed by atoms with Crippen LogP contribution in [0.4, 0.5) is 0 Å². The average molecular weight is 376 g/mol. The van der Waals surface area contributed by atoms with Gasteiger partial charge in [-0.05, 0) is 61.0 Å². The first-order valence-corrected chi connectivity index (χ1v) is 10.3. The Kier molecular flexibility index (Phi) is 5.87. The lowest BCUT2D eigenvalue weighted by molar-refractivity contribution is -0.139. The third-order valence-corrected chi connectivity index (χ3v) is 6.26. The number of piperidine rings is 2. The van der Waals surface area contributed by atoms with E-state index in [9.17, 15) is 4.79 Å². The summed E-state index contributed by atoms with van der Waals surface area (Å²) in [6, 6.07) is 14.5. The summed E-state index contributed by atoms with van der Waals surface area (Å²) in [6.07, 6.45) is 12.2. The molecule has 0 N–H and O–H groups in total. The Morgan fingerprint density at radius 2 is 1.75 bits per heavy atom. The van der Waals surface area contributed by atoms with Crippen LogP contribution in [0.1, 0.15) is 36.8 Å². The molecule has 2 saturated heterocycles. The minimum atomic E-state index is 0.302. The van der Waals surface area contributed by atoms with E-state index in [1.807, 2.05) is 18.2 Å². The molecule has 4 nitrogen and oxygen atoms in total. The maximum Gasteiger partial charge on any atom is 0.222 e. The lowest BCUT2D eigenvalue weighted by Crippen LogP contribution is -2.51. The summed E-state index contributed by atoms with van der Waals surface area (Å²) < 4.78 is 0. The summed E-state index contributed by atoms with van der Waals surface area (Å²) >= 11 is 0. The van der Waals surface area contributed by atoms with E-state index in [1.165, 1.54) is 24.0 Å². The topological polar surface area (TPSA) is 36.4 Å². The number of likely N-dealkylation sites (tertiary alicyclic amines) is 2. The number of hydrogen-bond acceptors (Lipinski definition) is 3. The molecule has 2 aliphatic rings. The number of benzene rings is 1. The quantitative estimate of drug-likeness (QED) is 0.793. The first kappa shape index (κ1) is 18.9. The van der Waals surface area contributed by atoms with Crippen LogP contribution in [0.2, 0.25) is 0 Å². The predicted octanol–water partition coefficient (Wildman–Crippen LogP) is 4.00. The molecule has 1 amide bonds. The van der Waals surface area contributed by atoms with Crippen molar-refractivity contribution in [1.29, 1.82) is 0 Å². The highest BCUT2D eigenvalue weighted by Gasteiger charge is 2.40. The van der Waals surface area contributed by atoms with Crippen molar-refractivity contribution in [2.75, 3.05) is 26.2 Å². The van der Waals surface area contributed by atoms with Gasteiger partial charge in [0.25, 0.3) is 0 Å². The smallest absolute Gasteiger partial charge is 0.222 e. The van der Waals surface area contributed by atoms with Gasteiger partial charge in [-0.15, -0.1) is 0 Å². The van der Waals surface area contributed by atoms with Gasteiger partial charge in [-0.25, -0.2) is 0 Å². The second-order valence-corrected chi connectivity index (χ2v) is 8.22. The molecular weight excluding hydrogens is 346 g/mol. The maximum absolute atomic E-state index is 12.5. The van der Waals surface area contributed by atoms with Crippen molar-refractivity contribution in [3.63, 3.8) is 0 Å². The highest BCUT2D eigenvalue weighted by Crippen LogP contribution is 2.40. The van der Waals surface area contributed by atoms with E-state index in [0.29, 0.717) is 24.3 Å². The molecule has 2 aliphatic heterocycles. The first-order chi connectivity index (χ1) is 13.7. The normalized spacial score (nSPS) is 20.1. The van der Waals surface area contributed by atoms with Crippen molar-refractivity contribution in [3.8, 4) is 0 Å². The van der Waals surface area contributed by atoms with Gasteiger partial charge in [0.2, 0.25) is 5.91 Å². The number of nitrogens with zero attached hydrogens (tertiary/aromatic N) is 3. The molecule has 3 heterocycles. The Bertz CT molecular complexity index is 795. The third-order valence-electron chi connectivity index (χ3n) is 6.26. The largest absolute Gasteiger partial charge is 0.338 e. The second kappa shape index (κ2) is 8.70. The van der Waals surface area contributed by atoms with Crippen LogP contribution in [0, 0.1) is 5.41 Å². The van der Waals surface area contributed by atoms with Crippen LogP contribution in [0.3, 0.4) is 0 Å². The van der Waals surface area contributed by atoms with Gasteiger partial charge in [0, 0.05) is 38.4 Å². The van der Waals surface area contributed by atoms with Crippen molar-refractivity contribution >= 4 is 12.0 Å². The average Bonchev–Trinajstić information content (AvgIpc) is 2.74. The zero-order valence-corrected chi connectivity index (χ0v) is 16.5. The SMILES string of the molecule is O=C1CCC2(CCN(CC=Cc3ccccc3)CC2)CN1Cc1ccncc1. The second-order valence-electron chi connectivity index (χ2n) is 8.22. The van der Waals surface area contributed by atoms with Crippen LogP contribution < -0.4 is 0 Å². The number of carbonyl (C=O) groups is 1. The molecule has 1 aromatic heterocycles. The number of carbonyl (C=O) groups excluding carboxylic acids is 1. The molecule has 1 aromatic carbocycles. The van der Waals surface area contributed by atoms with Gasteiger partial charge >= 0.3 is 0 Å². The molecule has 146 valence electrons.